The van der Waals surface area contributed by atoms with Gasteiger partial charge in [-0.3, -0.25) is 4.79 Å². The Labute approximate surface area is 72.2 Å². The van der Waals surface area contributed by atoms with Crippen molar-refractivity contribution in [1.29, 1.82) is 0 Å². The first-order valence-corrected chi connectivity index (χ1v) is 5.58. The Morgan fingerprint density at radius 3 is 2.42 bits per heavy atom. The predicted molar refractivity (Wildman–Crippen MR) is 46.4 cm³/mol. The van der Waals surface area contributed by atoms with E-state index in [1.807, 2.05) is 0 Å². The summed E-state index contributed by atoms with van der Waals surface area (Å²) in [6.45, 7) is 2.01. The fourth-order valence-electron chi connectivity index (χ4n) is 0.614. The Balaban J connectivity index is 3.92. The molecule has 0 spiro atoms. The lowest BCUT2D eigenvalue weighted by molar-refractivity contribution is -0.119. The Bertz CT molecular complexity index is 248. The minimum atomic E-state index is -3.23. The van der Waals surface area contributed by atoms with Crippen LogP contribution >= 0.6 is 0 Å². The molecule has 3 N–H and O–H groups in total. The summed E-state index contributed by atoms with van der Waals surface area (Å²) >= 11 is 0. The Morgan fingerprint density at radius 2 is 2.08 bits per heavy atom. The summed E-state index contributed by atoms with van der Waals surface area (Å²) in [4.78, 5) is 10.9. The Morgan fingerprint density at radius 1 is 1.58 bits per heavy atom. The van der Waals surface area contributed by atoms with Crippen molar-refractivity contribution in [1.82, 2.24) is 5.32 Å². The maximum Gasteiger partial charge on any atom is 0.235 e. The molecule has 1 unspecified atom stereocenters. The minimum absolute atomic E-state index is 0.181. The molecule has 0 heterocycles. The molecule has 0 saturated heterocycles. The first-order valence-electron chi connectivity index (χ1n) is 3.52. The maximum atomic E-state index is 10.9. The number of carbonyl (C=O) groups excluding carboxylic acids is 1. The van der Waals surface area contributed by atoms with Gasteiger partial charge in [0, 0.05) is 18.8 Å². The summed E-state index contributed by atoms with van der Waals surface area (Å²) in [6, 6.07) is -0.181. The van der Waals surface area contributed by atoms with E-state index in [1.165, 1.54) is 0 Å². The van der Waals surface area contributed by atoms with Crippen molar-refractivity contribution in [2.45, 2.75) is 13.0 Å². The molecule has 0 aliphatic heterocycles. The van der Waals surface area contributed by atoms with E-state index in [0.717, 1.165) is 6.26 Å². The minimum Gasteiger partial charge on any atom is -0.352 e. The fourth-order valence-corrected chi connectivity index (χ4v) is 1.17. The highest BCUT2D eigenvalue weighted by Crippen LogP contribution is 1.84. The molecule has 0 bridgehead atoms. The van der Waals surface area contributed by atoms with Crippen LogP contribution in [0.1, 0.15) is 6.92 Å². The predicted octanol–water partition coefficient (Wildman–Crippen LogP) is -1.51. The van der Waals surface area contributed by atoms with Crippen molar-refractivity contribution in [3.63, 3.8) is 0 Å². The lowest BCUT2D eigenvalue weighted by Gasteiger charge is -2.09. The third-order valence-corrected chi connectivity index (χ3v) is 1.94. The third-order valence-electron chi connectivity index (χ3n) is 1.15. The molecule has 0 rings (SSSR count). The molecular formula is C6H14N2O3S. The van der Waals surface area contributed by atoms with E-state index in [2.05, 4.69) is 5.32 Å². The first-order chi connectivity index (χ1) is 5.35. The average Bonchev–Trinajstić information content (AvgIpc) is 1.82. The average molecular weight is 194 g/mol. The summed E-state index contributed by atoms with van der Waals surface area (Å²) in [5.41, 5.74) is 5.22. The molecule has 0 aliphatic rings. The number of carbonyl (C=O) groups is 1. The number of hydrogen-bond acceptors (Lipinski definition) is 4. The van der Waals surface area contributed by atoms with Crippen molar-refractivity contribution < 1.29 is 13.2 Å². The topological polar surface area (TPSA) is 89.3 Å². The zero-order valence-corrected chi connectivity index (χ0v) is 8.02. The van der Waals surface area contributed by atoms with Crippen molar-refractivity contribution in [3.8, 4) is 0 Å². The molecular weight excluding hydrogens is 180 g/mol. The third kappa shape index (κ3) is 6.11. The van der Waals surface area contributed by atoms with Crippen molar-refractivity contribution >= 4 is 15.7 Å². The van der Waals surface area contributed by atoms with Crippen LogP contribution in [0.3, 0.4) is 0 Å². The highest BCUT2D eigenvalue weighted by Gasteiger charge is 2.11. The molecule has 0 aliphatic carbocycles. The van der Waals surface area contributed by atoms with Gasteiger partial charge in [-0.15, -0.1) is 0 Å². The molecule has 0 aromatic carbocycles. The van der Waals surface area contributed by atoms with Gasteiger partial charge >= 0.3 is 0 Å². The monoisotopic (exact) mass is 194 g/mol. The lowest BCUT2D eigenvalue weighted by Crippen LogP contribution is -2.40. The zero-order valence-electron chi connectivity index (χ0n) is 7.20. The lowest BCUT2D eigenvalue weighted by atomic mass is 10.3. The summed E-state index contributed by atoms with van der Waals surface area (Å²) in [5.74, 6) is -0.979. The molecule has 6 heteroatoms. The SMILES string of the molecule is CC(CN)NC(=O)CS(C)(=O)=O. The van der Waals surface area contributed by atoms with Gasteiger partial charge in [-0.1, -0.05) is 0 Å². The molecule has 1 atom stereocenters. The molecule has 0 fully saturated rings. The Kier molecular flexibility index (Phi) is 4.19. The smallest absolute Gasteiger partial charge is 0.235 e. The molecule has 72 valence electrons. The van der Waals surface area contributed by atoms with E-state index < -0.39 is 21.5 Å². The first kappa shape index (κ1) is 11.4. The van der Waals surface area contributed by atoms with Crippen LogP contribution in [0.5, 0.6) is 0 Å². The van der Waals surface area contributed by atoms with Crippen LogP contribution in [-0.2, 0) is 14.6 Å². The van der Waals surface area contributed by atoms with E-state index >= 15 is 0 Å². The summed E-state index contributed by atoms with van der Waals surface area (Å²) in [6.07, 6.45) is 1.01. The standard InChI is InChI=1S/C6H14N2O3S/c1-5(3-7)8-6(9)4-12(2,10)11/h5H,3-4,7H2,1-2H3,(H,8,9). The van der Waals surface area contributed by atoms with Gasteiger partial charge < -0.3 is 11.1 Å². The van der Waals surface area contributed by atoms with E-state index in [1.54, 1.807) is 6.92 Å². The molecule has 0 aromatic rings. The van der Waals surface area contributed by atoms with Crippen LogP contribution in [0.2, 0.25) is 0 Å². The number of hydrogen-bond donors (Lipinski definition) is 2. The van der Waals surface area contributed by atoms with Crippen LogP contribution in [0, 0.1) is 0 Å². The highest BCUT2D eigenvalue weighted by molar-refractivity contribution is 7.91. The number of amides is 1. The van der Waals surface area contributed by atoms with Gasteiger partial charge in [0.1, 0.15) is 5.75 Å². The molecule has 5 nitrogen and oxygen atoms in total. The molecule has 12 heavy (non-hydrogen) atoms. The maximum absolute atomic E-state index is 10.9. The molecule has 0 saturated carbocycles. The second-order valence-corrected chi connectivity index (χ2v) is 4.91. The second-order valence-electron chi connectivity index (χ2n) is 2.77. The second kappa shape index (κ2) is 4.42. The van der Waals surface area contributed by atoms with E-state index in [0.29, 0.717) is 6.54 Å². The fraction of sp³-hybridized carbons (Fsp3) is 0.833. The van der Waals surface area contributed by atoms with Crippen LogP contribution in [0.4, 0.5) is 0 Å². The molecule has 0 radical (unpaired) electrons. The van der Waals surface area contributed by atoms with Crippen molar-refractivity contribution in [3.05, 3.63) is 0 Å². The number of rotatable bonds is 4. The van der Waals surface area contributed by atoms with Crippen molar-refractivity contribution in [2.75, 3.05) is 18.6 Å². The van der Waals surface area contributed by atoms with Crippen LogP contribution in [0.25, 0.3) is 0 Å². The normalized spacial score (nSPS) is 13.9. The van der Waals surface area contributed by atoms with Gasteiger partial charge in [0.25, 0.3) is 0 Å². The molecule has 0 aromatic heterocycles. The highest BCUT2D eigenvalue weighted by atomic mass is 32.2. The summed E-state index contributed by atoms with van der Waals surface area (Å²) in [5, 5.41) is 2.44. The number of nitrogens with two attached hydrogens (primary N) is 1. The van der Waals surface area contributed by atoms with Crippen LogP contribution < -0.4 is 11.1 Å². The van der Waals surface area contributed by atoms with Gasteiger partial charge in [-0.05, 0) is 6.92 Å². The summed E-state index contributed by atoms with van der Waals surface area (Å²) < 4.78 is 21.2. The summed E-state index contributed by atoms with van der Waals surface area (Å²) in [7, 11) is -3.23. The number of nitrogens with one attached hydrogen (secondary N) is 1. The van der Waals surface area contributed by atoms with E-state index in [4.69, 9.17) is 5.73 Å². The van der Waals surface area contributed by atoms with Gasteiger partial charge in [0.05, 0.1) is 0 Å². The van der Waals surface area contributed by atoms with Crippen molar-refractivity contribution in [2.24, 2.45) is 5.73 Å². The largest absolute Gasteiger partial charge is 0.352 e. The van der Waals surface area contributed by atoms with Gasteiger partial charge in [-0.2, -0.15) is 0 Å². The van der Waals surface area contributed by atoms with E-state index in [9.17, 15) is 13.2 Å². The Hall–Kier alpha value is -0.620. The van der Waals surface area contributed by atoms with Crippen LogP contribution in [0.15, 0.2) is 0 Å². The van der Waals surface area contributed by atoms with Gasteiger partial charge in [-0.25, -0.2) is 8.42 Å². The van der Waals surface area contributed by atoms with E-state index in [-0.39, 0.29) is 6.04 Å². The van der Waals surface area contributed by atoms with Gasteiger partial charge in [0.2, 0.25) is 5.91 Å². The quantitative estimate of drug-likeness (QED) is 0.569. The zero-order chi connectivity index (χ0) is 9.78. The van der Waals surface area contributed by atoms with Gasteiger partial charge in [0.15, 0.2) is 9.84 Å². The number of sulfone groups is 1. The van der Waals surface area contributed by atoms with Crippen LogP contribution in [-0.4, -0.2) is 38.9 Å². The molecule has 1 amide bonds.